The van der Waals surface area contributed by atoms with Gasteiger partial charge >= 0.3 is 21.7 Å². The molecule has 1 aromatic carbocycles. The Hall–Kier alpha value is -0.869. The topological polar surface area (TPSA) is 14.1 Å². The van der Waals surface area contributed by atoms with E-state index in [1.54, 1.807) is 12.2 Å². The van der Waals surface area contributed by atoms with Crippen LogP contribution < -0.4 is 5.19 Å². The molecule has 0 amide bonds. The molecule has 2 aliphatic rings. The standard InChI is InChI=1S/C6H10N.C6H7Si.2C5H5.2ClH.Ti/c1-3-5-7-6-4-2;7-6-4-2-1-3-5-6;2*1-2-4-5-3-1;;;/h3-4H,1-2,5-6H2;1-5H,7H2;2*1-3H,4H2;2*1H;/q-1;;2*-1;;;+3. The number of halogens is 2. The molecule has 0 N–H and O–H groups in total. The van der Waals surface area contributed by atoms with E-state index in [0.717, 1.165) is 25.9 Å². The summed E-state index contributed by atoms with van der Waals surface area (Å²) in [6, 6.07) is 10.3. The Morgan fingerprint density at radius 1 is 0.889 bits per heavy atom. The van der Waals surface area contributed by atoms with E-state index in [2.05, 4.69) is 54.9 Å². The van der Waals surface area contributed by atoms with E-state index in [0.29, 0.717) is 0 Å². The Morgan fingerprint density at radius 2 is 1.33 bits per heavy atom. The summed E-state index contributed by atoms with van der Waals surface area (Å²) in [6.07, 6.45) is 23.5. The first-order chi connectivity index (χ1) is 11.8. The van der Waals surface area contributed by atoms with E-state index in [1.807, 2.05) is 52.7 Å². The van der Waals surface area contributed by atoms with E-state index < -0.39 is 0 Å². The molecule has 0 unspecified atom stereocenters. The molecule has 0 aliphatic heterocycles. The first-order valence-electron chi connectivity index (χ1n) is 7.96. The normalized spacial score (nSPS) is 10.9. The molecule has 27 heavy (non-hydrogen) atoms. The molecule has 0 bridgehead atoms. The van der Waals surface area contributed by atoms with Gasteiger partial charge < -0.3 is 5.32 Å². The van der Waals surface area contributed by atoms with E-state index >= 15 is 0 Å². The van der Waals surface area contributed by atoms with Crippen LogP contribution >= 0.6 is 24.8 Å². The first-order valence-corrected chi connectivity index (χ1v) is 8.67. The van der Waals surface area contributed by atoms with Crippen molar-refractivity contribution in [2.24, 2.45) is 0 Å². The molecule has 0 heterocycles. The minimum Gasteiger partial charge on any atom is -0.656 e. The third kappa shape index (κ3) is 30.1. The predicted molar refractivity (Wildman–Crippen MR) is 126 cm³/mol. The van der Waals surface area contributed by atoms with Crippen molar-refractivity contribution in [1.82, 2.24) is 0 Å². The van der Waals surface area contributed by atoms with Crippen molar-refractivity contribution in [1.29, 1.82) is 0 Å². The zero-order chi connectivity index (χ0) is 17.7. The van der Waals surface area contributed by atoms with Crippen LogP contribution in [0.25, 0.3) is 5.32 Å². The summed E-state index contributed by atoms with van der Waals surface area (Å²) in [7, 11) is 1.90. The van der Waals surface area contributed by atoms with Crippen molar-refractivity contribution in [3.05, 3.63) is 110 Å². The predicted octanol–water partition coefficient (Wildman–Crippen LogP) is 5.13. The average Bonchev–Trinajstić information content (AvgIpc) is 3.35. The van der Waals surface area contributed by atoms with Gasteiger partial charge in [0, 0.05) is 10.2 Å². The van der Waals surface area contributed by atoms with E-state index in [-0.39, 0.29) is 46.5 Å². The molecule has 1 aromatic rings. The average molecular weight is 454 g/mol. The molecule has 3 rings (SSSR count). The quantitative estimate of drug-likeness (QED) is 0.259. The summed E-state index contributed by atoms with van der Waals surface area (Å²) >= 11 is 0. The minimum atomic E-state index is 0. The van der Waals surface area contributed by atoms with Crippen LogP contribution in [0, 0.1) is 12.2 Å². The van der Waals surface area contributed by atoms with Gasteiger partial charge in [0.1, 0.15) is 0 Å². The number of hydrogen-bond acceptors (Lipinski definition) is 0. The fourth-order valence-corrected chi connectivity index (χ4v) is 1.69. The van der Waals surface area contributed by atoms with Crippen molar-refractivity contribution in [2.45, 2.75) is 12.8 Å². The van der Waals surface area contributed by atoms with Crippen molar-refractivity contribution in [3.8, 4) is 0 Å². The summed E-state index contributed by atoms with van der Waals surface area (Å²) in [4.78, 5) is 0. The number of rotatable bonds is 4. The summed E-state index contributed by atoms with van der Waals surface area (Å²) in [5.41, 5.74) is 0. The molecule has 0 fully saturated rings. The summed E-state index contributed by atoms with van der Waals surface area (Å²) in [6.45, 7) is 8.49. The Kier molecular flexibility index (Phi) is 37.3. The van der Waals surface area contributed by atoms with Gasteiger partial charge in [0.05, 0.1) is 0 Å². The second kappa shape index (κ2) is 29.9. The molecule has 5 heteroatoms. The van der Waals surface area contributed by atoms with Gasteiger partial charge in [0.2, 0.25) is 0 Å². The Balaban J connectivity index is -0.000000127. The van der Waals surface area contributed by atoms with Crippen molar-refractivity contribution in [2.75, 3.05) is 13.1 Å². The van der Waals surface area contributed by atoms with Crippen LogP contribution in [0.1, 0.15) is 12.8 Å². The van der Waals surface area contributed by atoms with Crippen molar-refractivity contribution >= 4 is 40.2 Å². The molecule has 0 saturated heterocycles. The van der Waals surface area contributed by atoms with Crippen LogP contribution in [0.2, 0.25) is 0 Å². The first kappa shape index (κ1) is 33.7. The van der Waals surface area contributed by atoms with Gasteiger partial charge in [-0.2, -0.15) is 12.2 Å². The Labute approximate surface area is 196 Å². The van der Waals surface area contributed by atoms with Gasteiger partial charge in [-0.1, -0.05) is 35.5 Å². The molecular weight excluding hydrogens is 425 g/mol. The molecule has 0 atom stereocenters. The molecule has 1 nitrogen and oxygen atoms in total. The van der Waals surface area contributed by atoms with Crippen LogP contribution in [0.3, 0.4) is 0 Å². The second-order valence-electron chi connectivity index (χ2n) is 4.66. The van der Waals surface area contributed by atoms with Crippen molar-refractivity contribution < 1.29 is 21.7 Å². The summed E-state index contributed by atoms with van der Waals surface area (Å²) < 4.78 is 0. The van der Waals surface area contributed by atoms with Crippen LogP contribution in [0.4, 0.5) is 0 Å². The third-order valence-electron chi connectivity index (χ3n) is 2.53. The molecule has 0 aromatic heterocycles. The molecule has 0 saturated carbocycles. The van der Waals surface area contributed by atoms with E-state index in [9.17, 15) is 0 Å². The van der Waals surface area contributed by atoms with Gasteiger partial charge in [0.15, 0.2) is 0 Å². The smallest absolute Gasteiger partial charge is 0.656 e. The Morgan fingerprint density at radius 3 is 1.52 bits per heavy atom. The number of benzene rings is 1. The van der Waals surface area contributed by atoms with Crippen LogP contribution in [-0.4, -0.2) is 23.3 Å². The SMILES string of the molecule is C=CC[N-]CC=C.Cl.Cl.[C-]1=CC=CC1.[C-]1=CC=CC1.[SiH2]c1ccccc1.[Ti+3]. The molecule has 2 radical (unpaired) electrons. The Bertz CT molecular complexity index is 491. The molecular formula is C22H29Cl2NSiTi. The fourth-order valence-electron chi connectivity index (χ4n) is 1.42. The molecule has 0 spiro atoms. The maximum absolute atomic E-state index is 3.97. The zero-order valence-electron chi connectivity index (χ0n) is 15.7. The number of hydrogen-bond donors (Lipinski definition) is 0. The van der Waals surface area contributed by atoms with Crippen LogP contribution in [0.5, 0.6) is 0 Å². The maximum Gasteiger partial charge on any atom is 3.00 e. The van der Waals surface area contributed by atoms with Crippen LogP contribution in [-0.2, 0) is 21.7 Å². The monoisotopic (exact) mass is 453 g/mol. The van der Waals surface area contributed by atoms with Gasteiger partial charge in [-0.25, -0.2) is 24.3 Å². The van der Waals surface area contributed by atoms with Gasteiger partial charge in [-0.05, 0) is 0 Å². The molecule has 2 aliphatic carbocycles. The molecule has 144 valence electrons. The van der Waals surface area contributed by atoms with E-state index in [1.165, 1.54) is 5.19 Å². The van der Waals surface area contributed by atoms with Gasteiger partial charge in [-0.15, -0.1) is 76.1 Å². The fraction of sp³-hybridized carbons (Fsp3) is 0.182. The van der Waals surface area contributed by atoms with Gasteiger partial charge in [-0.3, -0.25) is 12.2 Å². The van der Waals surface area contributed by atoms with Crippen molar-refractivity contribution in [3.63, 3.8) is 0 Å². The minimum absolute atomic E-state index is 0. The summed E-state index contributed by atoms with van der Waals surface area (Å²) in [5, 5.41) is 5.32. The van der Waals surface area contributed by atoms with Gasteiger partial charge in [0.25, 0.3) is 0 Å². The largest absolute Gasteiger partial charge is 3.00 e. The van der Waals surface area contributed by atoms with E-state index in [4.69, 9.17) is 0 Å². The number of nitrogens with zero attached hydrogens (tertiary/aromatic N) is 1. The summed E-state index contributed by atoms with van der Waals surface area (Å²) in [5.74, 6) is 0. The third-order valence-corrected chi connectivity index (χ3v) is 3.00. The number of allylic oxidation sites excluding steroid dienone is 8. The van der Waals surface area contributed by atoms with Crippen LogP contribution in [0.15, 0.2) is 92.1 Å². The zero-order valence-corrected chi connectivity index (χ0v) is 20.3. The maximum atomic E-state index is 3.97. The second-order valence-corrected chi connectivity index (χ2v) is 5.47.